The Labute approximate surface area is 139 Å². The second-order valence-corrected chi connectivity index (χ2v) is 6.24. The highest BCUT2D eigenvalue weighted by Gasteiger charge is 2.10. The molecular weight excluding hydrogens is 314 g/mol. The Morgan fingerprint density at radius 2 is 2.00 bits per heavy atom. The normalized spacial score (nSPS) is 11.5. The lowest BCUT2D eigenvalue weighted by atomic mass is 10.1. The van der Waals surface area contributed by atoms with Crippen LogP contribution in [0.4, 0.5) is 0 Å². The summed E-state index contributed by atoms with van der Waals surface area (Å²) in [6.45, 7) is 4.08. The quantitative estimate of drug-likeness (QED) is 0.594. The van der Waals surface area contributed by atoms with Crippen molar-refractivity contribution in [1.29, 1.82) is 0 Å². The lowest BCUT2D eigenvalue weighted by Gasteiger charge is -2.17. The molecule has 0 aliphatic heterocycles. The van der Waals surface area contributed by atoms with E-state index in [0.717, 1.165) is 12.0 Å². The SMILES string of the molecule is CCc1cc(C(=O)NNC(=S)N[C@@H](C)c2ccccc2)cs1. The van der Waals surface area contributed by atoms with Crippen LogP contribution < -0.4 is 16.2 Å². The van der Waals surface area contributed by atoms with E-state index in [2.05, 4.69) is 23.1 Å². The molecule has 22 heavy (non-hydrogen) atoms. The summed E-state index contributed by atoms with van der Waals surface area (Å²) in [4.78, 5) is 13.2. The van der Waals surface area contributed by atoms with Gasteiger partial charge in [-0.1, -0.05) is 37.3 Å². The molecule has 3 N–H and O–H groups in total. The number of benzene rings is 1. The fourth-order valence-electron chi connectivity index (χ4n) is 1.93. The van der Waals surface area contributed by atoms with Crippen LogP contribution in [0.2, 0.25) is 0 Å². The van der Waals surface area contributed by atoms with Crippen LogP contribution in [0.5, 0.6) is 0 Å². The van der Waals surface area contributed by atoms with E-state index >= 15 is 0 Å². The number of rotatable bonds is 4. The third kappa shape index (κ3) is 4.54. The van der Waals surface area contributed by atoms with Crippen molar-refractivity contribution in [2.45, 2.75) is 26.3 Å². The highest BCUT2D eigenvalue weighted by molar-refractivity contribution is 7.80. The van der Waals surface area contributed by atoms with Gasteiger partial charge in [0.15, 0.2) is 5.11 Å². The van der Waals surface area contributed by atoms with Crippen LogP contribution in [0.25, 0.3) is 0 Å². The van der Waals surface area contributed by atoms with Gasteiger partial charge in [-0.05, 0) is 37.2 Å². The fraction of sp³-hybridized carbons (Fsp3) is 0.250. The van der Waals surface area contributed by atoms with Gasteiger partial charge in [-0.2, -0.15) is 0 Å². The Bertz CT molecular complexity index is 640. The average molecular weight is 333 g/mol. The molecule has 1 atom stereocenters. The second-order valence-electron chi connectivity index (χ2n) is 4.84. The summed E-state index contributed by atoms with van der Waals surface area (Å²) >= 11 is 6.78. The fourth-order valence-corrected chi connectivity index (χ4v) is 2.97. The molecule has 116 valence electrons. The van der Waals surface area contributed by atoms with E-state index in [0.29, 0.717) is 10.7 Å². The zero-order valence-corrected chi connectivity index (χ0v) is 14.2. The van der Waals surface area contributed by atoms with Gasteiger partial charge in [-0.25, -0.2) is 0 Å². The molecule has 0 radical (unpaired) electrons. The molecule has 1 heterocycles. The predicted molar refractivity (Wildman–Crippen MR) is 94.9 cm³/mol. The van der Waals surface area contributed by atoms with Crippen molar-refractivity contribution in [3.05, 3.63) is 57.8 Å². The van der Waals surface area contributed by atoms with Crippen molar-refractivity contribution in [2.75, 3.05) is 0 Å². The van der Waals surface area contributed by atoms with Crippen molar-refractivity contribution >= 4 is 34.6 Å². The van der Waals surface area contributed by atoms with Crippen molar-refractivity contribution in [1.82, 2.24) is 16.2 Å². The summed E-state index contributed by atoms with van der Waals surface area (Å²) in [5.74, 6) is -0.188. The van der Waals surface area contributed by atoms with E-state index in [4.69, 9.17) is 12.2 Å². The number of hydrogen-bond donors (Lipinski definition) is 3. The maximum Gasteiger partial charge on any atom is 0.270 e. The molecule has 2 aromatic rings. The van der Waals surface area contributed by atoms with Gasteiger partial charge in [-0.3, -0.25) is 15.6 Å². The van der Waals surface area contributed by atoms with Gasteiger partial charge < -0.3 is 5.32 Å². The van der Waals surface area contributed by atoms with E-state index in [1.165, 1.54) is 4.88 Å². The molecule has 0 fully saturated rings. The minimum absolute atomic E-state index is 0.0611. The van der Waals surface area contributed by atoms with Crippen LogP contribution in [0.1, 0.15) is 40.7 Å². The lowest BCUT2D eigenvalue weighted by molar-refractivity contribution is 0.0944. The molecule has 0 saturated carbocycles. The highest BCUT2D eigenvalue weighted by atomic mass is 32.1. The minimum atomic E-state index is -0.188. The Balaban J connectivity index is 1.81. The Hall–Kier alpha value is -1.92. The third-order valence-corrected chi connectivity index (χ3v) is 4.50. The predicted octanol–water partition coefficient (Wildman–Crippen LogP) is 3.18. The molecule has 1 aromatic carbocycles. The topological polar surface area (TPSA) is 53.2 Å². The molecule has 6 heteroatoms. The number of thiocarbonyl (C=S) groups is 1. The van der Waals surface area contributed by atoms with Crippen molar-refractivity contribution in [3.8, 4) is 0 Å². The number of hydrogen-bond acceptors (Lipinski definition) is 3. The van der Waals surface area contributed by atoms with Crippen molar-refractivity contribution in [3.63, 3.8) is 0 Å². The van der Waals surface area contributed by atoms with Gasteiger partial charge in [0.05, 0.1) is 11.6 Å². The molecule has 0 aliphatic rings. The minimum Gasteiger partial charge on any atom is -0.355 e. The van der Waals surface area contributed by atoms with Gasteiger partial charge in [-0.15, -0.1) is 11.3 Å². The molecule has 1 aromatic heterocycles. The standard InChI is InChI=1S/C16H19N3OS2/c1-3-14-9-13(10-22-14)15(20)18-19-16(21)17-11(2)12-7-5-4-6-8-12/h4-11H,3H2,1-2H3,(H,18,20)(H2,17,19,21)/t11-/m0/s1. The monoisotopic (exact) mass is 333 g/mol. The Morgan fingerprint density at radius 3 is 2.64 bits per heavy atom. The largest absolute Gasteiger partial charge is 0.355 e. The molecule has 2 rings (SSSR count). The number of nitrogens with one attached hydrogen (secondary N) is 3. The van der Waals surface area contributed by atoms with Crippen molar-refractivity contribution in [2.24, 2.45) is 0 Å². The third-order valence-electron chi connectivity index (χ3n) is 3.20. The summed E-state index contributed by atoms with van der Waals surface area (Å²) < 4.78 is 0. The second kappa shape index (κ2) is 7.91. The molecule has 0 bridgehead atoms. The summed E-state index contributed by atoms with van der Waals surface area (Å²) in [7, 11) is 0. The molecule has 0 unspecified atom stereocenters. The molecule has 0 aliphatic carbocycles. The maximum absolute atomic E-state index is 12.0. The first-order chi connectivity index (χ1) is 10.6. The van der Waals surface area contributed by atoms with Crippen LogP contribution in [0.15, 0.2) is 41.8 Å². The van der Waals surface area contributed by atoms with Crippen molar-refractivity contribution < 1.29 is 4.79 Å². The highest BCUT2D eigenvalue weighted by Crippen LogP contribution is 2.14. The van der Waals surface area contributed by atoms with E-state index < -0.39 is 0 Å². The van der Waals surface area contributed by atoms with E-state index in [9.17, 15) is 4.79 Å². The molecule has 1 amide bonds. The summed E-state index contributed by atoms with van der Waals surface area (Å²) in [5, 5.41) is 5.36. The summed E-state index contributed by atoms with van der Waals surface area (Å²) in [6.07, 6.45) is 0.930. The van der Waals surface area contributed by atoms with Gasteiger partial charge in [0.2, 0.25) is 0 Å². The van der Waals surface area contributed by atoms with Gasteiger partial charge in [0.25, 0.3) is 5.91 Å². The van der Waals surface area contributed by atoms with Crippen LogP contribution in [0, 0.1) is 0 Å². The molecular formula is C16H19N3OS2. The smallest absolute Gasteiger partial charge is 0.270 e. The van der Waals surface area contributed by atoms with Crippen LogP contribution in [-0.4, -0.2) is 11.0 Å². The van der Waals surface area contributed by atoms with Crippen LogP contribution in [0.3, 0.4) is 0 Å². The maximum atomic E-state index is 12.0. The van der Waals surface area contributed by atoms with Crippen LogP contribution >= 0.6 is 23.6 Å². The first kappa shape index (κ1) is 16.5. The average Bonchev–Trinajstić information content (AvgIpc) is 3.02. The number of carbonyl (C=O) groups excluding carboxylic acids is 1. The lowest BCUT2D eigenvalue weighted by Crippen LogP contribution is -2.47. The van der Waals surface area contributed by atoms with Gasteiger partial charge in [0, 0.05) is 10.3 Å². The zero-order valence-electron chi connectivity index (χ0n) is 12.6. The summed E-state index contributed by atoms with van der Waals surface area (Å²) in [6, 6.07) is 11.9. The first-order valence-electron chi connectivity index (χ1n) is 7.09. The van der Waals surface area contributed by atoms with Gasteiger partial charge in [0.1, 0.15) is 0 Å². The zero-order chi connectivity index (χ0) is 15.9. The number of amides is 1. The Morgan fingerprint density at radius 1 is 1.27 bits per heavy atom. The number of aryl methyl sites for hydroxylation is 1. The Kier molecular flexibility index (Phi) is 5.91. The van der Waals surface area contributed by atoms with E-state index in [1.807, 2.05) is 48.7 Å². The number of thiophene rings is 1. The number of hydrazine groups is 1. The molecule has 0 saturated heterocycles. The first-order valence-corrected chi connectivity index (χ1v) is 8.38. The molecule has 4 nitrogen and oxygen atoms in total. The number of carbonyl (C=O) groups is 1. The summed E-state index contributed by atoms with van der Waals surface area (Å²) in [5.41, 5.74) is 7.12. The van der Waals surface area contributed by atoms with Gasteiger partial charge >= 0.3 is 0 Å². The van der Waals surface area contributed by atoms with E-state index in [1.54, 1.807) is 11.3 Å². The van der Waals surface area contributed by atoms with Crippen LogP contribution in [-0.2, 0) is 6.42 Å². The molecule has 0 spiro atoms. The van der Waals surface area contributed by atoms with E-state index in [-0.39, 0.29) is 11.9 Å².